The topological polar surface area (TPSA) is 64.6 Å². The molecule has 2 aromatic carbocycles. The highest BCUT2D eigenvalue weighted by molar-refractivity contribution is 7.89. The summed E-state index contributed by atoms with van der Waals surface area (Å²) in [5, 5.41) is 0.537. The Labute approximate surface area is 133 Å². The standard InChI is InChI=1S/C15H14ClNO4S/c1-10-6-12(3-4-13(10)16)22(18,19)17-8-11-2-5-14-15(7-11)21-9-20-14/h2-7,17H,8-9H2,1H3. The minimum Gasteiger partial charge on any atom is -0.454 e. The average Bonchev–Trinajstić information content (AvgIpc) is 2.95. The normalized spacial score (nSPS) is 13.4. The van der Waals surface area contributed by atoms with E-state index in [2.05, 4.69) is 4.72 Å². The van der Waals surface area contributed by atoms with Crippen LogP contribution in [0.1, 0.15) is 11.1 Å². The fraction of sp³-hybridized carbons (Fsp3) is 0.200. The number of aryl methyl sites for hydroxylation is 1. The van der Waals surface area contributed by atoms with Crippen LogP contribution in [0.2, 0.25) is 5.02 Å². The molecular weight excluding hydrogens is 326 g/mol. The fourth-order valence-electron chi connectivity index (χ4n) is 2.10. The lowest BCUT2D eigenvalue weighted by molar-refractivity contribution is 0.174. The van der Waals surface area contributed by atoms with Crippen LogP contribution in [0.4, 0.5) is 0 Å². The van der Waals surface area contributed by atoms with E-state index in [4.69, 9.17) is 21.1 Å². The summed E-state index contributed by atoms with van der Waals surface area (Å²) in [7, 11) is -3.59. The van der Waals surface area contributed by atoms with Gasteiger partial charge in [-0.3, -0.25) is 0 Å². The van der Waals surface area contributed by atoms with Gasteiger partial charge in [-0.2, -0.15) is 0 Å². The molecule has 7 heteroatoms. The molecule has 0 radical (unpaired) electrons. The molecule has 0 aromatic heterocycles. The second-order valence-corrected chi connectivity index (χ2v) is 7.10. The Morgan fingerprint density at radius 2 is 1.91 bits per heavy atom. The third-order valence-corrected chi connectivity index (χ3v) is 5.17. The molecule has 0 saturated carbocycles. The highest BCUT2D eigenvalue weighted by atomic mass is 35.5. The predicted molar refractivity (Wildman–Crippen MR) is 82.8 cm³/mol. The van der Waals surface area contributed by atoms with Crippen molar-refractivity contribution in [2.75, 3.05) is 6.79 Å². The Bertz CT molecular complexity index is 820. The van der Waals surface area contributed by atoms with E-state index in [-0.39, 0.29) is 18.2 Å². The van der Waals surface area contributed by atoms with Crippen molar-refractivity contribution in [2.45, 2.75) is 18.4 Å². The SMILES string of the molecule is Cc1cc(S(=O)(=O)NCc2ccc3c(c2)OCO3)ccc1Cl. The molecule has 1 aliphatic heterocycles. The summed E-state index contributed by atoms with van der Waals surface area (Å²) < 4.78 is 37.6. The van der Waals surface area contributed by atoms with Crippen LogP contribution in [0.5, 0.6) is 11.5 Å². The maximum Gasteiger partial charge on any atom is 0.240 e. The van der Waals surface area contributed by atoms with Gasteiger partial charge in [0.1, 0.15) is 0 Å². The number of sulfonamides is 1. The van der Waals surface area contributed by atoms with Gasteiger partial charge in [0.15, 0.2) is 11.5 Å². The Morgan fingerprint density at radius 3 is 2.68 bits per heavy atom. The largest absolute Gasteiger partial charge is 0.454 e. The van der Waals surface area contributed by atoms with Crippen LogP contribution in [0.25, 0.3) is 0 Å². The van der Waals surface area contributed by atoms with E-state index >= 15 is 0 Å². The first-order chi connectivity index (χ1) is 10.5. The summed E-state index contributed by atoms with van der Waals surface area (Å²) in [6.45, 7) is 2.12. The van der Waals surface area contributed by atoms with Crippen LogP contribution in [0.15, 0.2) is 41.3 Å². The van der Waals surface area contributed by atoms with Gasteiger partial charge in [0.2, 0.25) is 16.8 Å². The molecule has 0 spiro atoms. The monoisotopic (exact) mass is 339 g/mol. The molecule has 0 unspecified atom stereocenters. The van der Waals surface area contributed by atoms with E-state index in [1.165, 1.54) is 6.07 Å². The van der Waals surface area contributed by atoms with Crippen molar-refractivity contribution in [1.29, 1.82) is 0 Å². The zero-order valence-electron chi connectivity index (χ0n) is 11.8. The highest BCUT2D eigenvalue weighted by Crippen LogP contribution is 2.32. The molecule has 2 aromatic rings. The molecule has 1 N–H and O–H groups in total. The van der Waals surface area contributed by atoms with Crippen molar-refractivity contribution in [2.24, 2.45) is 0 Å². The van der Waals surface area contributed by atoms with Gasteiger partial charge in [0.25, 0.3) is 0 Å². The molecule has 0 atom stereocenters. The number of hydrogen-bond donors (Lipinski definition) is 1. The maximum absolute atomic E-state index is 12.3. The molecule has 116 valence electrons. The molecule has 0 aliphatic carbocycles. The van der Waals surface area contributed by atoms with E-state index in [9.17, 15) is 8.42 Å². The fourth-order valence-corrected chi connectivity index (χ4v) is 3.32. The lowest BCUT2D eigenvalue weighted by atomic mass is 10.2. The van der Waals surface area contributed by atoms with Gasteiger partial charge in [0, 0.05) is 11.6 Å². The first-order valence-corrected chi connectivity index (χ1v) is 8.46. The summed E-state index contributed by atoms with van der Waals surface area (Å²) in [6, 6.07) is 9.92. The van der Waals surface area contributed by atoms with Crippen LogP contribution in [0.3, 0.4) is 0 Å². The second-order valence-electron chi connectivity index (χ2n) is 4.92. The second kappa shape index (κ2) is 5.79. The minimum atomic E-state index is -3.59. The molecular formula is C15H14ClNO4S. The lowest BCUT2D eigenvalue weighted by Crippen LogP contribution is -2.23. The average molecular weight is 340 g/mol. The van der Waals surface area contributed by atoms with Crippen LogP contribution in [-0.2, 0) is 16.6 Å². The van der Waals surface area contributed by atoms with Crippen molar-refractivity contribution in [1.82, 2.24) is 4.72 Å². The Kier molecular flexibility index (Phi) is 3.99. The first-order valence-electron chi connectivity index (χ1n) is 6.60. The summed E-state index contributed by atoms with van der Waals surface area (Å²) in [5.41, 5.74) is 1.51. The smallest absolute Gasteiger partial charge is 0.240 e. The third-order valence-electron chi connectivity index (χ3n) is 3.34. The van der Waals surface area contributed by atoms with Crippen molar-refractivity contribution < 1.29 is 17.9 Å². The van der Waals surface area contributed by atoms with Crippen LogP contribution >= 0.6 is 11.6 Å². The minimum absolute atomic E-state index is 0.167. The number of ether oxygens (including phenoxy) is 2. The predicted octanol–water partition coefficient (Wildman–Crippen LogP) is 2.86. The quantitative estimate of drug-likeness (QED) is 0.930. The van der Waals surface area contributed by atoms with Crippen molar-refractivity contribution in [3.63, 3.8) is 0 Å². The van der Waals surface area contributed by atoms with Crippen molar-refractivity contribution in [3.05, 3.63) is 52.5 Å². The summed E-state index contributed by atoms with van der Waals surface area (Å²) >= 11 is 5.92. The number of rotatable bonds is 4. The molecule has 1 aliphatic rings. The zero-order valence-corrected chi connectivity index (χ0v) is 13.4. The Morgan fingerprint density at radius 1 is 1.14 bits per heavy atom. The van der Waals surface area contributed by atoms with Gasteiger partial charge in [-0.25, -0.2) is 13.1 Å². The molecule has 3 rings (SSSR count). The van der Waals surface area contributed by atoms with Crippen molar-refractivity contribution >= 4 is 21.6 Å². The molecule has 5 nitrogen and oxygen atoms in total. The number of nitrogens with one attached hydrogen (secondary N) is 1. The summed E-state index contributed by atoms with van der Waals surface area (Å²) in [6.07, 6.45) is 0. The zero-order chi connectivity index (χ0) is 15.7. The number of benzene rings is 2. The van der Waals surface area contributed by atoms with E-state index in [0.717, 1.165) is 5.56 Å². The van der Waals surface area contributed by atoms with Crippen LogP contribution < -0.4 is 14.2 Å². The van der Waals surface area contributed by atoms with Gasteiger partial charge < -0.3 is 9.47 Å². The van der Waals surface area contributed by atoms with E-state index < -0.39 is 10.0 Å². The molecule has 0 fully saturated rings. The molecule has 0 saturated heterocycles. The van der Waals surface area contributed by atoms with Gasteiger partial charge >= 0.3 is 0 Å². The Balaban J connectivity index is 1.76. The van der Waals surface area contributed by atoms with E-state index in [1.54, 1.807) is 37.3 Å². The van der Waals surface area contributed by atoms with Gasteiger partial charge in [-0.05, 0) is 48.4 Å². The van der Waals surface area contributed by atoms with Gasteiger partial charge in [0.05, 0.1) is 4.90 Å². The Hall–Kier alpha value is -1.76. The van der Waals surface area contributed by atoms with Gasteiger partial charge in [-0.15, -0.1) is 0 Å². The maximum atomic E-state index is 12.3. The first kappa shape index (κ1) is 15.1. The summed E-state index contributed by atoms with van der Waals surface area (Å²) in [4.78, 5) is 0.190. The molecule has 1 heterocycles. The number of hydrogen-bond acceptors (Lipinski definition) is 4. The molecule has 0 bridgehead atoms. The molecule has 0 amide bonds. The third kappa shape index (κ3) is 3.04. The summed E-state index contributed by atoms with van der Waals surface area (Å²) in [5.74, 6) is 1.29. The lowest BCUT2D eigenvalue weighted by Gasteiger charge is -2.09. The van der Waals surface area contributed by atoms with Gasteiger partial charge in [-0.1, -0.05) is 17.7 Å². The number of halogens is 1. The van der Waals surface area contributed by atoms with Crippen LogP contribution in [0, 0.1) is 6.92 Å². The number of fused-ring (bicyclic) bond motifs is 1. The van der Waals surface area contributed by atoms with Crippen LogP contribution in [-0.4, -0.2) is 15.2 Å². The highest BCUT2D eigenvalue weighted by Gasteiger charge is 2.17. The van der Waals surface area contributed by atoms with E-state index in [1.807, 2.05) is 0 Å². The van der Waals surface area contributed by atoms with Crippen molar-refractivity contribution in [3.8, 4) is 11.5 Å². The molecule has 22 heavy (non-hydrogen) atoms. The van der Waals surface area contributed by atoms with E-state index in [0.29, 0.717) is 22.1 Å².